The lowest BCUT2D eigenvalue weighted by molar-refractivity contribution is -0.122. The van der Waals surface area contributed by atoms with Crippen molar-refractivity contribution in [2.45, 2.75) is 33.8 Å². The quantitative estimate of drug-likeness (QED) is 0.300. The number of amides is 1. The molecule has 2 heterocycles. The molecule has 0 unspecified atom stereocenters. The predicted molar refractivity (Wildman–Crippen MR) is 139 cm³/mol. The fourth-order valence-corrected chi connectivity index (χ4v) is 4.82. The molecule has 7 heteroatoms. The molecule has 2 aromatic carbocycles. The van der Waals surface area contributed by atoms with Crippen LogP contribution in [0.4, 0.5) is 0 Å². The molecule has 0 N–H and O–H groups in total. The van der Waals surface area contributed by atoms with Crippen LogP contribution in [-0.2, 0) is 4.79 Å². The number of benzene rings is 2. The molecule has 0 atom stereocenters. The zero-order valence-corrected chi connectivity index (χ0v) is 20.8. The van der Waals surface area contributed by atoms with Crippen molar-refractivity contribution in [3.63, 3.8) is 0 Å². The molecule has 170 valence electrons. The van der Waals surface area contributed by atoms with Crippen LogP contribution < -0.4 is 4.74 Å². The van der Waals surface area contributed by atoms with Gasteiger partial charge in [-0.25, -0.2) is 4.68 Å². The molecule has 1 amide bonds. The molecule has 1 aromatic heterocycles. The summed E-state index contributed by atoms with van der Waals surface area (Å²) in [7, 11) is 0. The lowest BCUT2D eigenvalue weighted by Crippen LogP contribution is -2.31. The van der Waals surface area contributed by atoms with Crippen molar-refractivity contribution in [1.82, 2.24) is 14.7 Å². The molecule has 1 aliphatic rings. The Kier molecular flexibility index (Phi) is 7.00. The fourth-order valence-electron chi connectivity index (χ4n) is 3.56. The van der Waals surface area contributed by atoms with Crippen LogP contribution in [0.25, 0.3) is 23.0 Å². The summed E-state index contributed by atoms with van der Waals surface area (Å²) < 4.78 is 8.23. The van der Waals surface area contributed by atoms with Crippen LogP contribution in [0.5, 0.6) is 5.75 Å². The van der Waals surface area contributed by atoms with Crippen LogP contribution in [0.2, 0.25) is 0 Å². The second-order valence-electron chi connectivity index (χ2n) is 8.59. The third-order valence-electron chi connectivity index (χ3n) is 4.97. The Morgan fingerprint density at radius 3 is 2.39 bits per heavy atom. The minimum Gasteiger partial charge on any atom is -0.491 e. The van der Waals surface area contributed by atoms with E-state index in [1.165, 1.54) is 11.8 Å². The maximum Gasteiger partial charge on any atom is 0.266 e. The van der Waals surface area contributed by atoms with Crippen molar-refractivity contribution in [3.8, 4) is 22.7 Å². The summed E-state index contributed by atoms with van der Waals surface area (Å²) in [6.45, 7) is 8.79. The summed E-state index contributed by atoms with van der Waals surface area (Å²) in [4.78, 5) is 15.3. The van der Waals surface area contributed by atoms with Crippen molar-refractivity contribution >= 4 is 40.3 Å². The van der Waals surface area contributed by atoms with E-state index in [4.69, 9.17) is 22.1 Å². The summed E-state index contributed by atoms with van der Waals surface area (Å²) in [6, 6.07) is 17.8. The molecule has 1 fully saturated rings. The van der Waals surface area contributed by atoms with Gasteiger partial charge in [0.25, 0.3) is 5.91 Å². The van der Waals surface area contributed by atoms with E-state index >= 15 is 0 Å². The average Bonchev–Trinajstić information content (AvgIpc) is 3.31. The predicted octanol–water partition coefficient (Wildman–Crippen LogP) is 6.18. The zero-order valence-electron chi connectivity index (χ0n) is 19.2. The largest absolute Gasteiger partial charge is 0.491 e. The van der Waals surface area contributed by atoms with Crippen LogP contribution in [0.1, 0.15) is 33.3 Å². The molecule has 0 aliphatic carbocycles. The normalized spacial score (nSPS) is 15.3. The molecule has 4 rings (SSSR count). The first kappa shape index (κ1) is 23.3. The minimum absolute atomic E-state index is 0.0437. The Morgan fingerprint density at radius 1 is 1.06 bits per heavy atom. The Bertz CT molecular complexity index is 1180. The number of carbonyl (C=O) groups is 1. The molecular weight excluding hydrogens is 450 g/mol. The number of thiocarbonyl (C=S) groups is 1. The maximum atomic E-state index is 13.0. The van der Waals surface area contributed by atoms with Crippen LogP contribution in [0.15, 0.2) is 65.7 Å². The number of rotatable bonds is 7. The second kappa shape index (κ2) is 9.93. The van der Waals surface area contributed by atoms with Gasteiger partial charge in [-0.1, -0.05) is 56.0 Å². The fraction of sp³-hybridized carbons (Fsp3) is 0.269. The van der Waals surface area contributed by atoms with Crippen molar-refractivity contribution in [2.24, 2.45) is 5.92 Å². The van der Waals surface area contributed by atoms with E-state index in [1.54, 1.807) is 4.90 Å². The third kappa shape index (κ3) is 5.37. The van der Waals surface area contributed by atoms with E-state index in [0.717, 1.165) is 28.3 Å². The molecule has 0 radical (unpaired) electrons. The molecule has 1 aliphatic heterocycles. The summed E-state index contributed by atoms with van der Waals surface area (Å²) in [5.74, 6) is 1.11. The van der Waals surface area contributed by atoms with Crippen molar-refractivity contribution < 1.29 is 9.53 Å². The number of para-hydroxylation sites is 1. The monoisotopic (exact) mass is 477 g/mol. The van der Waals surface area contributed by atoms with E-state index in [1.807, 2.05) is 85.4 Å². The van der Waals surface area contributed by atoms with Gasteiger partial charge in [0, 0.05) is 23.9 Å². The Morgan fingerprint density at radius 2 is 1.76 bits per heavy atom. The molecule has 5 nitrogen and oxygen atoms in total. The van der Waals surface area contributed by atoms with Gasteiger partial charge < -0.3 is 4.74 Å². The van der Waals surface area contributed by atoms with Gasteiger partial charge in [0.2, 0.25) is 0 Å². The van der Waals surface area contributed by atoms with E-state index in [-0.39, 0.29) is 12.0 Å². The molecule has 0 saturated carbocycles. The second-order valence-corrected chi connectivity index (χ2v) is 10.3. The van der Waals surface area contributed by atoms with Gasteiger partial charge in [-0.15, -0.1) is 0 Å². The molecule has 0 spiro atoms. The highest BCUT2D eigenvalue weighted by Gasteiger charge is 2.32. The molecule has 0 bridgehead atoms. The molecule has 3 aromatic rings. The molecule has 1 saturated heterocycles. The van der Waals surface area contributed by atoms with Gasteiger partial charge in [0.05, 0.1) is 22.4 Å². The topological polar surface area (TPSA) is 47.4 Å². The summed E-state index contributed by atoms with van der Waals surface area (Å²) >= 11 is 6.83. The zero-order chi connectivity index (χ0) is 23.5. The van der Waals surface area contributed by atoms with Crippen molar-refractivity contribution in [1.29, 1.82) is 0 Å². The number of carbonyl (C=O) groups excluding carboxylic acids is 1. The third-order valence-corrected chi connectivity index (χ3v) is 6.35. The highest BCUT2D eigenvalue weighted by atomic mass is 32.2. The number of hydrogen-bond acceptors (Lipinski definition) is 5. The molecule has 33 heavy (non-hydrogen) atoms. The van der Waals surface area contributed by atoms with Crippen molar-refractivity contribution in [3.05, 3.63) is 71.3 Å². The van der Waals surface area contributed by atoms with Gasteiger partial charge in [0.1, 0.15) is 10.1 Å². The van der Waals surface area contributed by atoms with Gasteiger partial charge in [-0.2, -0.15) is 5.10 Å². The van der Waals surface area contributed by atoms with E-state index < -0.39 is 0 Å². The lowest BCUT2D eigenvalue weighted by atomic mass is 10.1. The first-order valence-electron chi connectivity index (χ1n) is 11.0. The van der Waals surface area contributed by atoms with Gasteiger partial charge in [0.15, 0.2) is 0 Å². The van der Waals surface area contributed by atoms with Crippen LogP contribution in [-0.4, -0.2) is 37.6 Å². The maximum absolute atomic E-state index is 13.0. The summed E-state index contributed by atoms with van der Waals surface area (Å²) in [5.41, 5.74) is 3.56. The van der Waals surface area contributed by atoms with Crippen LogP contribution >= 0.6 is 24.0 Å². The van der Waals surface area contributed by atoms with Crippen LogP contribution in [0.3, 0.4) is 0 Å². The van der Waals surface area contributed by atoms with Gasteiger partial charge in [-0.05, 0) is 62.2 Å². The highest BCUT2D eigenvalue weighted by molar-refractivity contribution is 8.26. The summed E-state index contributed by atoms with van der Waals surface area (Å²) in [5, 5.41) is 4.86. The number of hydrogen-bond donors (Lipinski definition) is 0. The Labute approximate surface area is 204 Å². The van der Waals surface area contributed by atoms with E-state index in [2.05, 4.69) is 13.8 Å². The highest BCUT2D eigenvalue weighted by Crippen LogP contribution is 2.35. The summed E-state index contributed by atoms with van der Waals surface area (Å²) in [6.07, 6.45) is 3.97. The smallest absolute Gasteiger partial charge is 0.266 e. The first-order valence-corrected chi connectivity index (χ1v) is 12.2. The van der Waals surface area contributed by atoms with E-state index in [0.29, 0.717) is 21.7 Å². The van der Waals surface area contributed by atoms with Gasteiger partial charge in [-0.3, -0.25) is 9.69 Å². The standard InChI is InChI=1S/C26H27N3O2S2/c1-17(2)15-28-25(30)23(33-26(28)32)14-20-16-29(21-8-6-5-7-9-21)27-24(20)19-10-12-22(13-11-19)31-18(3)4/h5-14,16-18H,15H2,1-4H3/b23-14-. The number of aromatic nitrogens is 2. The first-order chi connectivity index (χ1) is 15.8. The molecular formula is C26H27N3O2S2. The average molecular weight is 478 g/mol. The SMILES string of the molecule is CC(C)CN1C(=O)/C(=C/c2cn(-c3ccccc3)nc2-c2ccc(OC(C)C)cc2)SC1=S. The van der Waals surface area contributed by atoms with Crippen molar-refractivity contribution in [2.75, 3.05) is 6.54 Å². The number of nitrogens with zero attached hydrogens (tertiary/aromatic N) is 3. The number of ether oxygens (including phenoxy) is 1. The number of thioether (sulfide) groups is 1. The lowest BCUT2D eigenvalue weighted by Gasteiger charge is -2.16. The van der Waals surface area contributed by atoms with Crippen LogP contribution in [0, 0.1) is 5.92 Å². The minimum atomic E-state index is -0.0437. The van der Waals surface area contributed by atoms with E-state index in [9.17, 15) is 4.79 Å². The van der Waals surface area contributed by atoms with Gasteiger partial charge >= 0.3 is 0 Å². The Hall–Kier alpha value is -2.90. The Balaban J connectivity index is 1.74.